The maximum Gasteiger partial charge on any atom is 0.270 e. The lowest BCUT2D eigenvalue weighted by molar-refractivity contribution is -0.247. The molecule has 10 heteroatoms. The molecule has 3 heterocycles. The molecule has 3 aliphatic heterocycles. The molecule has 2 saturated carbocycles. The van der Waals surface area contributed by atoms with Gasteiger partial charge in [-0.3, -0.25) is 20.4 Å². The molecule has 9 nitrogen and oxygen atoms in total. The topological polar surface area (TPSA) is 104 Å². The molecule has 5 fully saturated rings. The van der Waals surface area contributed by atoms with Gasteiger partial charge in [-0.05, 0) is 43.9 Å². The molecule has 2 spiro atoms. The van der Waals surface area contributed by atoms with E-state index in [2.05, 4.69) is 10.9 Å². The zero-order chi connectivity index (χ0) is 24.0. The van der Waals surface area contributed by atoms with Gasteiger partial charge in [-0.25, -0.2) is 4.39 Å². The summed E-state index contributed by atoms with van der Waals surface area (Å²) in [6.45, 7) is 0. The van der Waals surface area contributed by atoms with Crippen molar-refractivity contribution in [3.8, 4) is 0 Å². The first kappa shape index (κ1) is 23.3. The normalized spacial score (nSPS) is 34.8. The van der Waals surface area contributed by atoms with E-state index in [0.717, 1.165) is 70.3 Å². The molecule has 3 saturated heterocycles. The standard InChI is InChI=1S/C25H31FN2O7/c26-16-9-7-8-15(14-16)21(29)27-28-22(30)19-17-18(33-24(32-17)10-3-1-4-11-24)20-23(31-19)35-25(34-20)12-5-2-6-13-25/h7-9,14,17-20,23H,1-6,10-13H2,(H,27,29)(H,28,30). The number of rotatable bonds is 2. The quantitative estimate of drug-likeness (QED) is 0.615. The average Bonchev–Trinajstić information content (AvgIpc) is 3.40. The van der Waals surface area contributed by atoms with Crippen molar-refractivity contribution in [2.45, 2.75) is 106 Å². The van der Waals surface area contributed by atoms with Gasteiger partial charge in [-0.2, -0.15) is 0 Å². The monoisotopic (exact) mass is 490 g/mol. The summed E-state index contributed by atoms with van der Waals surface area (Å²) < 4.78 is 45.3. The molecule has 1 aromatic carbocycles. The maximum absolute atomic E-state index is 13.5. The van der Waals surface area contributed by atoms with Crippen LogP contribution in [0.1, 0.15) is 74.6 Å². The molecule has 2 N–H and O–H groups in total. The third-order valence-corrected chi connectivity index (χ3v) is 7.75. The van der Waals surface area contributed by atoms with Crippen LogP contribution in [-0.2, 0) is 28.5 Å². The molecule has 190 valence electrons. The minimum atomic E-state index is -1.07. The van der Waals surface area contributed by atoms with E-state index in [4.69, 9.17) is 23.7 Å². The lowest BCUT2D eigenvalue weighted by Gasteiger charge is -2.36. The fourth-order valence-corrected chi connectivity index (χ4v) is 6.06. The average molecular weight is 491 g/mol. The highest BCUT2D eigenvalue weighted by Crippen LogP contribution is 2.50. The summed E-state index contributed by atoms with van der Waals surface area (Å²) in [5, 5.41) is 0. The Hall–Kier alpha value is -2.11. The molecule has 0 bridgehead atoms. The van der Waals surface area contributed by atoms with Crippen molar-refractivity contribution in [3.05, 3.63) is 35.6 Å². The Bertz CT molecular complexity index is 978. The van der Waals surface area contributed by atoms with Gasteiger partial charge in [-0.15, -0.1) is 0 Å². The van der Waals surface area contributed by atoms with Gasteiger partial charge in [0.1, 0.15) is 24.1 Å². The summed E-state index contributed by atoms with van der Waals surface area (Å²) in [5.74, 6) is -3.26. The molecule has 6 rings (SSSR count). The molecule has 0 aromatic heterocycles. The van der Waals surface area contributed by atoms with E-state index in [1.165, 1.54) is 18.2 Å². The van der Waals surface area contributed by atoms with Crippen LogP contribution in [0.2, 0.25) is 0 Å². The zero-order valence-electron chi connectivity index (χ0n) is 19.5. The predicted molar refractivity (Wildman–Crippen MR) is 118 cm³/mol. The Morgan fingerprint density at radius 2 is 1.43 bits per heavy atom. The molecule has 2 aliphatic carbocycles. The van der Waals surface area contributed by atoms with Crippen molar-refractivity contribution >= 4 is 11.8 Å². The molecular formula is C25H31FN2O7. The number of hydrazine groups is 1. The lowest BCUT2D eigenvalue weighted by Crippen LogP contribution is -2.61. The molecule has 5 atom stereocenters. The number of nitrogens with one attached hydrogen (secondary N) is 2. The van der Waals surface area contributed by atoms with Crippen LogP contribution in [0, 0.1) is 5.82 Å². The number of carbonyl (C=O) groups excluding carboxylic acids is 2. The number of hydrogen-bond donors (Lipinski definition) is 2. The van der Waals surface area contributed by atoms with E-state index in [-0.39, 0.29) is 5.56 Å². The predicted octanol–water partition coefficient (Wildman–Crippen LogP) is 2.83. The number of fused-ring (bicyclic) bond motifs is 3. The number of halogens is 1. The van der Waals surface area contributed by atoms with Gasteiger partial charge >= 0.3 is 0 Å². The molecule has 35 heavy (non-hydrogen) atoms. The highest BCUT2D eigenvalue weighted by atomic mass is 19.1. The van der Waals surface area contributed by atoms with Crippen molar-refractivity contribution in [2.75, 3.05) is 0 Å². The van der Waals surface area contributed by atoms with Crippen LogP contribution in [0.4, 0.5) is 4.39 Å². The van der Waals surface area contributed by atoms with Crippen LogP contribution >= 0.6 is 0 Å². The number of carbonyl (C=O) groups is 2. The van der Waals surface area contributed by atoms with Gasteiger partial charge in [0.15, 0.2) is 24.0 Å². The minimum absolute atomic E-state index is 0.0844. The van der Waals surface area contributed by atoms with Gasteiger partial charge < -0.3 is 23.7 Å². The van der Waals surface area contributed by atoms with E-state index >= 15 is 0 Å². The van der Waals surface area contributed by atoms with Crippen molar-refractivity contribution in [3.63, 3.8) is 0 Å². The van der Waals surface area contributed by atoms with Gasteiger partial charge in [0.05, 0.1) is 0 Å². The lowest BCUT2D eigenvalue weighted by atomic mass is 9.94. The SMILES string of the molecule is O=C(NNC(=O)C1OC2OC3(CCCCC3)OC2C2OC3(CCCCC3)OC12)c1cccc(F)c1. The van der Waals surface area contributed by atoms with Gasteiger partial charge in [0, 0.05) is 31.2 Å². The van der Waals surface area contributed by atoms with Gasteiger partial charge in [-0.1, -0.05) is 18.9 Å². The first-order chi connectivity index (χ1) is 17.0. The Kier molecular flexibility index (Phi) is 6.04. The maximum atomic E-state index is 13.5. The molecule has 5 aliphatic rings. The van der Waals surface area contributed by atoms with Crippen molar-refractivity contribution in [1.29, 1.82) is 0 Å². The van der Waals surface area contributed by atoms with E-state index in [1.54, 1.807) is 0 Å². The second-order valence-electron chi connectivity index (χ2n) is 10.2. The first-order valence-electron chi connectivity index (χ1n) is 12.7. The van der Waals surface area contributed by atoms with Crippen molar-refractivity contribution in [2.24, 2.45) is 0 Å². The van der Waals surface area contributed by atoms with Crippen molar-refractivity contribution in [1.82, 2.24) is 10.9 Å². The smallest absolute Gasteiger partial charge is 0.270 e. The zero-order valence-corrected chi connectivity index (χ0v) is 19.5. The van der Waals surface area contributed by atoms with E-state index in [9.17, 15) is 14.0 Å². The summed E-state index contributed by atoms with van der Waals surface area (Å²) in [5.41, 5.74) is 4.83. The summed E-state index contributed by atoms with van der Waals surface area (Å²) in [7, 11) is 0. The van der Waals surface area contributed by atoms with Crippen molar-refractivity contribution < 1.29 is 37.7 Å². The first-order valence-corrected chi connectivity index (χ1v) is 12.7. The molecule has 2 amide bonds. The van der Waals surface area contributed by atoms with E-state index < -0.39 is 59.9 Å². The fourth-order valence-electron chi connectivity index (χ4n) is 6.06. The second-order valence-corrected chi connectivity index (χ2v) is 10.2. The van der Waals surface area contributed by atoms with E-state index in [1.807, 2.05) is 0 Å². The number of ether oxygens (including phenoxy) is 5. The van der Waals surface area contributed by atoms with Crippen LogP contribution < -0.4 is 10.9 Å². The fraction of sp³-hybridized carbons (Fsp3) is 0.680. The van der Waals surface area contributed by atoms with Gasteiger partial charge in [0.2, 0.25) is 0 Å². The second kappa shape index (κ2) is 9.08. The molecule has 1 aromatic rings. The minimum Gasteiger partial charge on any atom is -0.341 e. The van der Waals surface area contributed by atoms with Crippen LogP contribution in [-0.4, -0.2) is 54.1 Å². The largest absolute Gasteiger partial charge is 0.341 e. The summed E-state index contributed by atoms with van der Waals surface area (Å²) in [6.07, 6.45) is 5.69. The van der Waals surface area contributed by atoms with E-state index in [0.29, 0.717) is 0 Å². The highest BCUT2D eigenvalue weighted by molar-refractivity contribution is 5.95. The summed E-state index contributed by atoms with van der Waals surface area (Å²) >= 11 is 0. The number of amides is 2. The Morgan fingerprint density at radius 1 is 0.800 bits per heavy atom. The Morgan fingerprint density at radius 3 is 2.11 bits per heavy atom. The Balaban J connectivity index is 1.20. The highest BCUT2D eigenvalue weighted by Gasteiger charge is 2.65. The third kappa shape index (κ3) is 4.35. The summed E-state index contributed by atoms with van der Waals surface area (Å²) in [6, 6.07) is 5.21. The third-order valence-electron chi connectivity index (χ3n) is 7.75. The van der Waals surface area contributed by atoms with Crippen LogP contribution in [0.15, 0.2) is 24.3 Å². The van der Waals surface area contributed by atoms with Crippen LogP contribution in [0.5, 0.6) is 0 Å². The van der Waals surface area contributed by atoms with Gasteiger partial charge in [0.25, 0.3) is 11.8 Å². The van der Waals surface area contributed by atoms with Crippen LogP contribution in [0.25, 0.3) is 0 Å². The summed E-state index contributed by atoms with van der Waals surface area (Å²) in [4.78, 5) is 25.6. The Labute approximate surface area is 202 Å². The van der Waals surface area contributed by atoms with Crippen LogP contribution in [0.3, 0.4) is 0 Å². The number of hydrogen-bond acceptors (Lipinski definition) is 7. The molecular weight excluding hydrogens is 459 g/mol. The molecule has 5 unspecified atom stereocenters. The number of benzene rings is 1. The molecule has 0 radical (unpaired) electrons.